The Balaban J connectivity index is 1.19. The highest BCUT2D eigenvalue weighted by Crippen LogP contribution is 2.62. The molecule has 1 N–H and O–H groups in total. The molecule has 1 aromatic carbocycles. The van der Waals surface area contributed by atoms with E-state index in [1.165, 1.54) is 11.0 Å². The molecule has 0 bridgehead atoms. The van der Waals surface area contributed by atoms with E-state index < -0.39 is 18.0 Å². The maximum atomic E-state index is 15.0. The first-order valence-corrected chi connectivity index (χ1v) is 10.9. The summed E-state index contributed by atoms with van der Waals surface area (Å²) < 4.78 is 27.5. The van der Waals surface area contributed by atoms with Gasteiger partial charge in [-0.2, -0.15) is 0 Å². The van der Waals surface area contributed by atoms with Crippen LogP contribution in [0.15, 0.2) is 48.9 Å². The third-order valence-electron chi connectivity index (χ3n) is 7.11. The second kappa shape index (κ2) is 7.60. The molecule has 10 heteroatoms. The van der Waals surface area contributed by atoms with Crippen LogP contribution in [-0.4, -0.2) is 63.6 Å². The van der Waals surface area contributed by atoms with Crippen LogP contribution in [0.2, 0.25) is 0 Å². The third kappa shape index (κ3) is 3.20. The number of carbonyl (C=O) groups excluding carboxylic acids is 1. The minimum absolute atomic E-state index is 0.0327. The summed E-state index contributed by atoms with van der Waals surface area (Å²) in [4.78, 5) is 18.3. The number of benzene rings is 1. The highest BCUT2D eigenvalue weighted by Gasteiger charge is 2.68. The van der Waals surface area contributed by atoms with E-state index in [9.17, 15) is 9.90 Å². The number of hydrogen-bond donors (Lipinski definition) is 1. The van der Waals surface area contributed by atoms with E-state index in [4.69, 9.17) is 9.47 Å². The molecule has 0 spiro atoms. The first-order valence-electron chi connectivity index (χ1n) is 10.9. The zero-order chi connectivity index (χ0) is 22.6. The quantitative estimate of drug-likeness (QED) is 0.612. The molecule has 6 rings (SSSR count). The smallest absolute Gasteiger partial charge is 0.414 e. The monoisotopic (exact) mass is 451 g/mol. The van der Waals surface area contributed by atoms with Gasteiger partial charge in [-0.3, -0.25) is 9.88 Å². The number of fused-ring (bicyclic) bond motifs is 1. The van der Waals surface area contributed by atoms with Gasteiger partial charge in [-0.25, -0.2) is 13.9 Å². The average Bonchev–Trinajstić information content (AvgIpc) is 3.35. The number of nitrogens with zero attached hydrogens (tertiary/aromatic N) is 5. The molecular formula is C23H22FN5O4. The molecule has 1 aliphatic carbocycles. The molecule has 0 unspecified atom stereocenters. The second-order valence-corrected chi connectivity index (χ2v) is 8.79. The van der Waals surface area contributed by atoms with Crippen LogP contribution < -0.4 is 4.90 Å². The van der Waals surface area contributed by atoms with E-state index in [1.54, 1.807) is 35.4 Å². The SMILES string of the molecule is O=C1O[C@@H](Cn2ccnn2)CN1c1ccc(-c2ccc([C@@]3(CO)[C@@H]4COC[C@@H]43)nc2)c(F)c1. The number of carbonyl (C=O) groups is 1. The molecule has 3 aromatic rings. The van der Waals surface area contributed by atoms with Crippen molar-refractivity contribution in [2.24, 2.45) is 11.8 Å². The van der Waals surface area contributed by atoms with Gasteiger partial charge in [0.15, 0.2) is 0 Å². The Morgan fingerprint density at radius 1 is 1.21 bits per heavy atom. The van der Waals surface area contributed by atoms with Crippen molar-refractivity contribution < 1.29 is 23.8 Å². The van der Waals surface area contributed by atoms with Gasteiger partial charge in [0.05, 0.1) is 44.8 Å². The number of pyridine rings is 1. The molecule has 3 fully saturated rings. The van der Waals surface area contributed by atoms with E-state index >= 15 is 4.39 Å². The van der Waals surface area contributed by atoms with Gasteiger partial charge in [0.25, 0.3) is 0 Å². The van der Waals surface area contributed by atoms with Gasteiger partial charge in [-0.1, -0.05) is 11.3 Å². The lowest BCUT2D eigenvalue weighted by molar-refractivity contribution is 0.118. The first-order chi connectivity index (χ1) is 16.1. The molecule has 1 amide bonds. The van der Waals surface area contributed by atoms with Gasteiger partial charge in [0, 0.05) is 46.5 Å². The number of aliphatic hydroxyl groups excluding tert-OH is 1. The van der Waals surface area contributed by atoms with Crippen molar-refractivity contribution in [2.75, 3.05) is 31.3 Å². The van der Waals surface area contributed by atoms with E-state index in [1.807, 2.05) is 12.1 Å². The minimum atomic E-state index is -0.522. The topological polar surface area (TPSA) is 103 Å². The lowest BCUT2D eigenvalue weighted by atomic mass is 9.95. The zero-order valence-corrected chi connectivity index (χ0v) is 17.7. The van der Waals surface area contributed by atoms with Gasteiger partial charge in [-0.15, -0.1) is 5.10 Å². The van der Waals surface area contributed by atoms with Crippen molar-refractivity contribution in [1.29, 1.82) is 0 Å². The van der Waals surface area contributed by atoms with E-state index in [0.29, 0.717) is 55.0 Å². The summed E-state index contributed by atoms with van der Waals surface area (Å²) in [6.07, 6.45) is 3.96. The van der Waals surface area contributed by atoms with Crippen molar-refractivity contribution in [3.05, 3.63) is 60.4 Å². The summed E-state index contributed by atoms with van der Waals surface area (Å²) in [5.41, 5.74) is 1.94. The number of cyclic esters (lactones) is 1. The van der Waals surface area contributed by atoms with Crippen LogP contribution >= 0.6 is 0 Å². The van der Waals surface area contributed by atoms with Crippen molar-refractivity contribution in [1.82, 2.24) is 20.0 Å². The third-order valence-corrected chi connectivity index (χ3v) is 7.11. The Labute approximate surface area is 188 Å². The van der Waals surface area contributed by atoms with Crippen molar-refractivity contribution in [3.63, 3.8) is 0 Å². The summed E-state index contributed by atoms with van der Waals surface area (Å²) in [5, 5.41) is 17.6. The second-order valence-electron chi connectivity index (χ2n) is 8.79. The Morgan fingerprint density at radius 3 is 2.73 bits per heavy atom. The van der Waals surface area contributed by atoms with Gasteiger partial charge in [0.1, 0.15) is 11.9 Å². The number of anilines is 1. The highest BCUT2D eigenvalue weighted by molar-refractivity contribution is 5.90. The Hall–Kier alpha value is -3.37. The number of halogens is 1. The molecule has 4 atom stereocenters. The van der Waals surface area contributed by atoms with Crippen LogP contribution in [0.5, 0.6) is 0 Å². The standard InChI is InChI=1S/C23H22FN5O4/c24-20-7-15(29-10-16(33-22(29)31)9-28-6-5-26-27-28)2-3-17(20)14-1-4-21(25-8-14)23(13-30)18-11-32-12-19(18)23/h1-8,16,18-19,30H,9-13H2/t16-,18-,19+,23+/m0/s1. The van der Waals surface area contributed by atoms with E-state index in [2.05, 4.69) is 15.3 Å². The predicted molar refractivity (Wildman–Crippen MR) is 114 cm³/mol. The highest BCUT2D eigenvalue weighted by atomic mass is 19.1. The van der Waals surface area contributed by atoms with Crippen molar-refractivity contribution in [2.45, 2.75) is 18.1 Å². The number of hydrogen-bond acceptors (Lipinski definition) is 7. The maximum absolute atomic E-state index is 15.0. The molecule has 4 heterocycles. The van der Waals surface area contributed by atoms with Crippen LogP contribution in [0.1, 0.15) is 5.69 Å². The van der Waals surface area contributed by atoms with E-state index in [-0.39, 0.29) is 12.0 Å². The summed E-state index contributed by atoms with van der Waals surface area (Å²) in [7, 11) is 0. The lowest BCUT2D eigenvalue weighted by Crippen LogP contribution is -2.26. The molecule has 9 nitrogen and oxygen atoms in total. The fourth-order valence-electron chi connectivity index (χ4n) is 5.25. The molecule has 33 heavy (non-hydrogen) atoms. The summed E-state index contributed by atoms with van der Waals surface area (Å²) >= 11 is 0. The summed E-state index contributed by atoms with van der Waals surface area (Å²) in [6, 6.07) is 8.36. The number of aliphatic hydroxyl groups is 1. The fraction of sp³-hybridized carbons (Fsp3) is 0.391. The van der Waals surface area contributed by atoms with E-state index in [0.717, 1.165) is 5.69 Å². The summed E-state index contributed by atoms with van der Waals surface area (Å²) in [5.74, 6) is 0.138. The first kappa shape index (κ1) is 20.3. The number of amides is 1. The summed E-state index contributed by atoms with van der Waals surface area (Å²) in [6.45, 7) is 1.99. The Bertz CT molecular complexity index is 1180. The normalized spacial score (nSPS) is 28.1. The Morgan fingerprint density at radius 2 is 2.06 bits per heavy atom. The van der Waals surface area contributed by atoms with Crippen molar-refractivity contribution >= 4 is 11.8 Å². The molecule has 170 valence electrons. The molecular weight excluding hydrogens is 429 g/mol. The lowest BCUT2D eigenvalue weighted by Gasteiger charge is -2.18. The molecule has 0 radical (unpaired) electrons. The number of rotatable bonds is 6. The maximum Gasteiger partial charge on any atom is 0.414 e. The molecule has 1 saturated carbocycles. The van der Waals surface area contributed by atoms with Crippen LogP contribution in [0.3, 0.4) is 0 Å². The van der Waals surface area contributed by atoms with Crippen LogP contribution in [0.25, 0.3) is 11.1 Å². The minimum Gasteiger partial charge on any atom is -0.442 e. The number of ether oxygens (including phenoxy) is 2. The molecule has 2 saturated heterocycles. The molecule has 2 aliphatic heterocycles. The van der Waals surface area contributed by atoms with Gasteiger partial charge < -0.3 is 14.6 Å². The molecule has 2 aromatic heterocycles. The largest absolute Gasteiger partial charge is 0.442 e. The van der Waals surface area contributed by atoms with Crippen LogP contribution in [-0.2, 0) is 21.4 Å². The fourth-order valence-corrected chi connectivity index (χ4v) is 5.25. The van der Waals surface area contributed by atoms with Gasteiger partial charge in [0.2, 0.25) is 0 Å². The molecule has 3 aliphatic rings. The number of aromatic nitrogens is 4. The zero-order valence-electron chi connectivity index (χ0n) is 17.7. The van der Waals surface area contributed by atoms with Crippen LogP contribution in [0, 0.1) is 17.7 Å². The van der Waals surface area contributed by atoms with Crippen LogP contribution in [0.4, 0.5) is 14.9 Å². The van der Waals surface area contributed by atoms with Crippen molar-refractivity contribution in [3.8, 4) is 11.1 Å². The average molecular weight is 451 g/mol. The predicted octanol–water partition coefficient (Wildman–Crippen LogP) is 2.01. The van der Waals surface area contributed by atoms with Gasteiger partial charge >= 0.3 is 6.09 Å². The van der Waals surface area contributed by atoms with Gasteiger partial charge in [-0.05, 0) is 24.3 Å². The Kier molecular flexibility index (Phi) is 4.66.